The van der Waals surface area contributed by atoms with Gasteiger partial charge < -0.3 is 20.4 Å². The lowest BCUT2D eigenvalue weighted by Crippen LogP contribution is -2.46. The Hall–Kier alpha value is -2.64. The summed E-state index contributed by atoms with van der Waals surface area (Å²) in [7, 11) is 4.02. The standard InChI is InChI=1S/C25H37N7/c1-26-25(29-19-23-11-7-13-32(23)20-21-8-4-3-5-9-21)28-18-22-10-6-12-27-24(22)31-16-14-30(2)15-17-31/h3-6,8-10,12,23H,7,11,13-20H2,1-2H3,(H2,26,28,29). The molecule has 7 nitrogen and oxygen atoms in total. The molecule has 7 heteroatoms. The Morgan fingerprint density at radius 1 is 1.03 bits per heavy atom. The molecule has 2 N–H and O–H groups in total. The molecule has 2 fully saturated rings. The van der Waals surface area contributed by atoms with Gasteiger partial charge in [-0.1, -0.05) is 36.4 Å². The second-order valence-corrected chi connectivity index (χ2v) is 8.84. The van der Waals surface area contributed by atoms with Gasteiger partial charge in [0.2, 0.25) is 0 Å². The maximum atomic E-state index is 4.69. The number of guanidine groups is 1. The Balaban J connectivity index is 1.29. The van der Waals surface area contributed by atoms with Crippen LogP contribution < -0.4 is 15.5 Å². The molecule has 172 valence electrons. The van der Waals surface area contributed by atoms with E-state index < -0.39 is 0 Å². The summed E-state index contributed by atoms with van der Waals surface area (Å²) in [6.45, 7) is 8.00. The van der Waals surface area contributed by atoms with Crippen LogP contribution in [0.15, 0.2) is 53.7 Å². The molecular weight excluding hydrogens is 398 g/mol. The summed E-state index contributed by atoms with van der Waals surface area (Å²) in [6, 6.07) is 15.5. The zero-order chi connectivity index (χ0) is 22.2. The molecule has 1 aromatic carbocycles. The number of likely N-dealkylation sites (N-methyl/N-ethyl adjacent to an activating group) is 1. The summed E-state index contributed by atoms with van der Waals surface area (Å²) in [4.78, 5) is 16.5. The fourth-order valence-corrected chi connectivity index (χ4v) is 4.64. The normalized spacial score (nSPS) is 20.5. The second-order valence-electron chi connectivity index (χ2n) is 8.84. The largest absolute Gasteiger partial charge is 0.355 e. The highest BCUT2D eigenvalue weighted by Gasteiger charge is 2.24. The monoisotopic (exact) mass is 435 g/mol. The summed E-state index contributed by atoms with van der Waals surface area (Å²) in [5, 5.41) is 7.06. The topological polar surface area (TPSA) is 59.0 Å². The molecular formula is C25H37N7. The number of anilines is 1. The lowest BCUT2D eigenvalue weighted by molar-refractivity contribution is 0.245. The van der Waals surface area contributed by atoms with Crippen molar-refractivity contribution in [1.29, 1.82) is 0 Å². The number of piperazine rings is 1. The van der Waals surface area contributed by atoms with Crippen LogP contribution in [0.2, 0.25) is 0 Å². The SMILES string of the molecule is CN=C(NCc1cccnc1N1CCN(C)CC1)NCC1CCCN1Cc1ccccc1. The average Bonchev–Trinajstić information content (AvgIpc) is 3.27. The number of hydrogen-bond acceptors (Lipinski definition) is 5. The van der Waals surface area contributed by atoms with E-state index in [-0.39, 0.29) is 0 Å². The first-order valence-electron chi connectivity index (χ1n) is 11.8. The predicted molar refractivity (Wildman–Crippen MR) is 132 cm³/mol. The Morgan fingerprint density at radius 2 is 1.84 bits per heavy atom. The molecule has 0 bridgehead atoms. The molecule has 4 rings (SSSR count). The van der Waals surface area contributed by atoms with Crippen LogP contribution >= 0.6 is 0 Å². The molecule has 32 heavy (non-hydrogen) atoms. The van der Waals surface area contributed by atoms with E-state index >= 15 is 0 Å². The Morgan fingerprint density at radius 3 is 2.62 bits per heavy atom. The first-order chi connectivity index (χ1) is 15.7. The van der Waals surface area contributed by atoms with Gasteiger partial charge in [0.15, 0.2) is 5.96 Å². The fourth-order valence-electron chi connectivity index (χ4n) is 4.64. The van der Waals surface area contributed by atoms with Gasteiger partial charge in [0, 0.05) is 70.7 Å². The van der Waals surface area contributed by atoms with Crippen LogP contribution in [0.3, 0.4) is 0 Å². The zero-order valence-corrected chi connectivity index (χ0v) is 19.5. The zero-order valence-electron chi connectivity index (χ0n) is 19.5. The molecule has 0 saturated carbocycles. The van der Waals surface area contributed by atoms with Gasteiger partial charge in [-0.15, -0.1) is 0 Å². The van der Waals surface area contributed by atoms with E-state index in [0.717, 1.165) is 57.6 Å². The van der Waals surface area contributed by atoms with E-state index in [1.54, 1.807) is 0 Å². The van der Waals surface area contributed by atoms with Crippen molar-refractivity contribution >= 4 is 11.8 Å². The lowest BCUT2D eigenvalue weighted by atomic mass is 10.2. The van der Waals surface area contributed by atoms with Crippen LogP contribution in [0.5, 0.6) is 0 Å². The molecule has 2 aliphatic heterocycles. The third-order valence-corrected chi connectivity index (χ3v) is 6.57. The van der Waals surface area contributed by atoms with Gasteiger partial charge in [-0.3, -0.25) is 9.89 Å². The molecule has 2 aromatic rings. The summed E-state index contributed by atoms with van der Waals surface area (Å²) in [5.74, 6) is 1.94. The highest BCUT2D eigenvalue weighted by atomic mass is 15.3. The van der Waals surface area contributed by atoms with Crippen molar-refractivity contribution < 1.29 is 0 Å². The van der Waals surface area contributed by atoms with Gasteiger partial charge in [0.1, 0.15) is 5.82 Å². The first-order valence-corrected chi connectivity index (χ1v) is 11.8. The smallest absolute Gasteiger partial charge is 0.191 e. The number of nitrogens with zero attached hydrogens (tertiary/aromatic N) is 5. The van der Waals surface area contributed by atoms with Crippen molar-refractivity contribution in [2.24, 2.45) is 4.99 Å². The summed E-state index contributed by atoms with van der Waals surface area (Å²) >= 11 is 0. The Bertz CT molecular complexity index is 862. The van der Waals surface area contributed by atoms with Gasteiger partial charge in [0.25, 0.3) is 0 Å². The van der Waals surface area contributed by atoms with Crippen molar-refractivity contribution in [3.63, 3.8) is 0 Å². The second kappa shape index (κ2) is 11.3. The van der Waals surface area contributed by atoms with Gasteiger partial charge in [-0.2, -0.15) is 0 Å². The van der Waals surface area contributed by atoms with E-state index in [4.69, 9.17) is 4.98 Å². The van der Waals surface area contributed by atoms with Crippen LogP contribution in [-0.2, 0) is 13.1 Å². The first kappa shape index (κ1) is 22.6. The quantitative estimate of drug-likeness (QED) is 0.514. The molecule has 2 saturated heterocycles. The molecule has 0 spiro atoms. The number of rotatable bonds is 7. The molecule has 2 aliphatic rings. The van der Waals surface area contributed by atoms with E-state index in [2.05, 4.69) is 73.8 Å². The molecule has 1 aromatic heterocycles. The van der Waals surface area contributed by atoms with Crippen molar-refractivity contribution in [2.75, 3.05) is 58.3 Å². The van der Waals surface area contributed by atoms with Crippen LogP contribution in [0.25, 0.3) is 0 Å². The predicted octanol–water partition coefficient (Wildman–Crippen LogP) is 2.16. The van der Waals surface area contributed by atoms with E-state index in [1.807, 2.05) is 19.3 Å². The Labute approximate surface area is 192 Å². The third kappa shape index (κ3) is 5.99. The Kier molecular flexibility index (Phi) is 7.96. The summed E-state index contributed by atoms with van der Waals surface area (Å²) in [6.07, 6.45) is 4.38. The maximum absolute atomic E-state index is 4.69. The number of benzene rings is 1. The molecule has 0 amide bonds. The van der Waals surface area contributed by atoms with Gasteiger partial charge in [-0.25, -0.2) is 4.98 Å². The third-order valence-electron chi connectivity index (χ3n) is 6.57. The lowest BCUT2D eigenvalue weighted by Gasteiger charge is -2.34. The van der Waals surface area contributed by atoms with Crippen molar-refractivity contribution in [3.8, 4) is 0 Å². The van der Waals surface area contributed by atoms with Crippen LogP contribution in [0.4, 0.5) is 5.82 Å². The molecule has 0 radical (unpaired) electrons. The van der Waals surface area contributed by atoms with Gasteiger partial charge in [-0.05, 0) is 38.1 Å². The number of aromatic nitrogens is 1. The average molecular weight is 436 g/mol. The van der Waals surface area contributed by atoms with Crippen LogP contribution in [0.1, 0.15) is 24.0 Å². The molecule has 3 heterocycles. The summed E-state index contributed by atoms with van der Waals surface area (Å²) < 4.78 is 0. The highest BCUT2D eigenvalue weighted by Crippen LogP contribution is 2.20. The minimum atomic E-state index is 0.535. The molecule has 0 aliphatic carbocycles. The maximum Gasteiger partial charge on any atom is 0.191 e. The van der Waals surface area contributed by atoms with E-state index in [1.165, 1.54) is 24.0 Å². The van der Waals surface area contributed by atoms with Crippen LogP contribution in [-0.4, -0.2) is 80.1 Å². The number of hydrogen-bond donors (Lipinski definition) is 2. The van der Waals surface area contributed by atoms with Gasteiger partial charge >= 0.3 is 0 Å². The molecule has 1 unspecified atom stereocenters. The number of pyridine rings is 1. The van der Waals surface area contributed by atoms with Crippen LogP contribution in [0, 0.1) is 0 Å². The summed E-state index contributed by atoms with van der Waals surface area (Å²) in [5.41, 5.74) is 2.60. The fraction of sp³-hybridized carbons (Fsp3) is 0.520. The highest BCUT2D eigenvalue weighted by molar-refractivity contribution is 5.79. The van der Waals surface area contributed by atoms with E-state index in [0.29, 0.717) is 12.6 Å². The minimum Gasteiger partial charge on any atom is -0.355 e. The minimum absolute atomic E-state index is 0.535. The van der Waals surface area contributed by atoms with Crippen molar-refractivity contribution in [1.82, 2.24) is 25.4 Å². The van der Waals surface area contributed by atoms with Gasteiger partial charge in [0.05, 0.1) is 0 Å². The number of likely N-dealkylation sites (tertiary alicyclic amines) is 1. The number of aliphatic imine (C=N–C) groups is 1. The van der Waals surface area contributed by atoms with Crippen molar-refractivity contribution in [3.05, 3.63) is 59.8 Å². The number of nitrogens with one attached hydrogen (secondary N) is 2. The molecule has 1 atom stereocenters. The van der Waals surface area contributed by atoms with Crippen molar-refractivity contribution in [2.45, 2.75) is 32.0 Å². The van der Waals surface area contributed by atoms with E-state index in [9.17, 15) is 0 Å².